The Labute approximate surface area is 93.6 Å². The Morgan fingerprint density at radius 1 is 1.33 bits per heavy atom. The van der Waals surface area contributed by atoms with Crippen molar-refractivity contribution in [1.82, 2.24) is 4.98 Å². The zero-order valence-corrected chi connectivity index (χ0v) is 8.98. The maximum absolute atomic E-state index is 9.04. The van der Waals surface area contributed by atoms with Gasteiger partial charge < -0.3 is 14.9 Å². The largest absolute Gasteiger partial charge is 0.490 e. The van der Waals surface area contributed by atoms with Gasteiger partial charge in [0.2, 0.25) is 0 Å². The molecule has 15 heavy (non-hydrogen) atoms. The Morgan fingerprint density at radius 2 is 2.00 bits per heavy atom. The molecule has 0 bridgehead atoms. The highest BCUT2D eigenvalue weighted by molar-refractivity contribution is 6.58. The van der Waals surface area contributed by atoms with Crippen LogP contribution >= 0.6 is 11.6 Å². The molecule has 0 spiro atoms. The minimum atomic E-state index is -1.49. The topological polar surface area (TPSA) is 56.6 Å². The third-order valence-electron chi connectivity index (χ3n) is 2.59. The van der Waals surface area contributed by atoms with Crippen LogP contribution in [0.25, 0.3) is 0 Å². The average molecular weight is 226 g/mol. The molecule has 2 rings (SSSR count). The van der Waals surface area contributed by atoms with E-state index in [0.717, 1.165) is 31.6 Å². The molecule has 1 fully saturated rings. The number of anilines is 1. The van der Waals surface area contributed by atoms with Gasteiger partial charge in [0.05, 0.1) is 5.69 Å². The molecule has 2 heterocycles. The van der Waals surface area contributed by atoms with Crippen molar-refractivity contribution in [1.29, 1.82) is 0 Å². The van der Waals surface area contributed by atoms with Crippen LogP contribution in [0, 0.1) is 0 Å². The SMILES string of the molecule is OB(O)c1cnc(Cl)c(N2CCCC2)c1. The lowest BCUT2D eigenvalue weighted by Crippen LogP contribution is -2.31. The second-order valence-corrected chi connectivity index (χ2v) is 4.00. The molecule has 1 aromatic heterocycles. The number of hydrogen-bond donors (Lipinski definition) is 2. The van der Waals surface area contributed by atoms with Crippen LogP contribution in [-0.4, -0.2) is 35.2 Å². The van der Waals surface area contributed by atoms with E-state index in [-0.39, 0.29) is 0 Å². The van der Waals surface area contributed by atoms with E-state index in [1.807, 2.05) is 0 Å². The highest BCUT2D eigenvalue weighted by atomic mass is 35.5. The standard InChI is InChI=1S/C9H12BClN2O2/c11-9-8(13-3-1-2-4-13)5-7(6-12-9)10(14)15/h5-6,14-15H,1-4H2. The summed E-state index contributed by atoms with van der Waals surface area (Å²) in [6.45, 7) is 1.90. The number of aromatic nitrogens is 1. The van der Waals surface area contributed by atoms with E-state index in [4.69, 9.17) is 21.6 Å². The lowest BCUT2D eigenvalue weighted by Gasteiger charge is -2.19. The molecule has 6 heteroatoms. The summed E-state index contributed by atoms with van der Waals surface area (Å²) in [5.41, 5.74) is 1.17. The first kappa shape index (κ1) is 10.7. The van der Waals surface area contributed by atoms with Gasteiger partial charge in [-0.05, 0) is 18.9 Å². The molecule has 0 radical (unpaired) electrons. The van der Waals surface area contributed by atoms with Crippen molar-refractivity contribution in [3.8, 4) is 0 Å². The van der Waals surface area contributed by atoms with Gasteiger partial charge in [-0.1, -0.05) is 11.6 Å². The minimum absolute atomic E-state index is 0.376. The number of hydrogen-bond acceptors (Lipinski definition) is 4. The van der Waals surface area contributed by atoms with E-state index in [9.17, 15) is 0 Å². The van der Waals surface area contributed by atoms with Gasteiger partial charge >= 0.3 is 7.12 Å². The fourth-order valence-corrected chi connectivity index (χ4v) is 2.00. The van der Waals surface area contributed by atoms with Crippen LogP contribution in [0.4, 0.5) is 5.69 Å². The van der Waals surface area contributed by atoms with Gasteiger partial charge in [-0.3, -0.25) is 0 Å². The van der Waals surface area contributed by atoms with E-state index in [2.05, 4.69) is 9.88 Å². The summed E-state index contributed by atoms with van der Waals surface area (Å²) in [4.78, 5) is 6.06. The Bertz CT molecular complexity index is 356. The van der Waals surface area contributed by atoms with Gasteiger partial charge in [-0.15, -0.1) is 0 Å². The van der Waals surface area contributed by atoms with Crippen LogP contribution in [-0.2, 0) is 0 Å². The van der Waals surface area contributed by atoms with Gasteiger partial charge in [0.25, 0.3) is 0 Å². The van der Waals surface area contributed by atoms with Gasteiger partial charge in [0, 0.05) is 24.7 Å². The number of rotatable bonds is 2. The summed E-state index contributed by atoms with van der Waals surface area (Å²) in [6, 6.07) is 1.69. The fourth-order valence-electron chi connectivity index (χ4n) is 1.77. The average Bonchev–Trinajstić information content (AvgIpc) is 2.71. The number of nitrogens with zero attached hydrogens (tertiary/aromatic N) is 2. The van der Waals surface area contributed by atoms with Gasteiger partial charge in [-0.25, -0.2) is 4.98 Å². The molecule has 2 N–H and O–H groups in total. The molecular formula is C9H12BClN2O2. The molecule has 0 unspecified atom stereocenters. The normalized spacial score (nSPS) is 15.8. The van der Waals surface area contributed by atoms with E-state index >= 15 is 0 Å². The number of halogens is 1. The molecule has 1 saturated heterocycles. The summed E-state index contributed by atoms with van der Waals surface area (Å²) >= 11 is 5.96. The quantitative estimate of drug-likeness (QED) is 0.551. The third-order valence-corrected chi connectivity index (χ3v) is 2.88. The Balaban J connectivity index is 2.31. The van der Waals surface area contributed by atoms with E-state index in [0.29, 0.717) is 10.6 Å². The second kappa shape index (κ2) is 4.39. The third kappa shape index (κ3) is 2.25. The molecular weight excluding hydrogens is 214 g/mol. The lowest BCUT2D eigenvalue weighted by atomic mass is 9.81. The molecule has 0 aliphatic carbocycles. The van der Waals surface area contributed by atoms with Gasteiger partial charge in [0.1, 0.15) is 0 Å². The highest BCUT2D eigenvalue weighted by Gasteiger charge is 2.19. The van der Waals surface area contributed by atoms with Crippen LogP contribution in [0.15, 0.2) is 12.3 Å². The van der Waals surface area contributed by atoms with Crippen molar-refractivity contribution >= 4 is 29.9 Å². The van der Waals surface area contributed by atoms with Gasteiger partial charge in [-0.2, -0.15) is 0 Å². The Hall–Kier alpha value is -0.775. The maximum atomic E-state index is 9.04. The summed E-state index contributed by atoms with van der Waals surface area (Å²) in [5, 5.41) is 18.5. The predicted octanol–water partition coefficient (Wildman–Crippen LogP) is 0.0150. The molecule has 1 aliphatic rings. The van der Waals surface area contributed by atoms with Crippen molar-refractivity contribution < 1.29 is 10.0 Å². The van der Waals surface area contributed by atoms with Crippen molar-refractivity contribution in [2.45, 2.75) is 12.8 Å². The zero-order chi connectivity index (χ0) is 10.8. The first-order valence-electron chi connectivity index (χ1n) is 4.95. The van der Waals surface area contributed by atoms with E-state index < -0.39 is 7.12 Å². The molecule has 1 aliphatic heterocycles. The van der Waals surface area contributed by atoms with Crippen LogP contribution in [0.5, 0.6) is 0 Å². The smallest absolute Gasteiger partial charge is 0.423 e. The molecule has 0 atom stereocenters. The second-order valence-electron chi connectivity index (χ2n) is 3.65. The molecule has 0 saturated carbocycles. The summed E-state index contributed by atoms with van der Waals surface area (Å²) in [7, 11) is -1.49. The Kier molecular flexibility index (Phi) is 3.14. The maximum Gasteiger partial charge on any atom is 0.490 e. The fraction of sp³-hybridized carbons (Fsp3) is 0.444. The van der Waals surface area contributed by atoms with E-state index in [1.54, 1.807) is 6.07 Å². The summed E-state index contributed by atoms with van der Waals surface area (Å²) in [6.07, 6.45) is 3.66. The molecule has 0 aromatic carbocycles. The van der Waals surface area contributed by atoms with E-state index in [1.165, 1.54) is 6.20 Å². The van der Waals surface area contributed by atoms with Gasteiger partial charge in [0.15, 0.2) is 5.15 Å². The van der Waals surface area contributed by atoms with Crippen molar-refractivity contribution in [2.24, 2.45) is 0 Å². The first-order valence-corrected chi connectivity index (χ1v) is 5.33. The van der Waals surface area contributed by atoms with Crippen LogP contribution < -0.4 is 10.4 Å². The van der Waals surface area contributed by atoms with Crippen LogP contribution in [0.1, 0.15) is 12.8 Å². The zero-order valence-electron chi connectivity index (χ0n) is 8.23. The number of pyridine rings is 1. The summed E-state index contributed by atoms with van der Waals surface area (Å²) < 4.78 is 0. The predicted molar refractivity (Wildman–Crippen MR) is 60.5 cm³/mol. The van der Waals surface area contributed by atoms with Crippen molar-refractivity contribution in [2.75, 3.05) is 18.0 Å². The lowest BCUT2D eigenvalue weighted by molar-refractivity contribution is 0.425. The monoisotopic (exact) mass is 226 g/mol. The van der Waals surface area contributed by atoms with Crippen LogP contribution in [0.3, 0.4) is 0 Å². The first-order chi connectivity index (χ1) is 7.18. The molecule has 80 valence electrons. The Morgan fingerprint density at radius 3 is 2.60 bits per heavy atom. The van der Waals surface area contributed by atoms with Crippen molar-refractivity contribution in [3.05, 3.63) is 17.4 Å². The molecule has 0 amide bonds. The molecule has 4 nitrogen and oxygen atoms in total. The van der Waals surface area contributed by atoms with Crippen molar-refractivity contribution in [3.63, 3.8) is 0 Å². The minimum Gasteiger partial charge on any atom is -0.423 e. The molecule has 1 aromatic rings. The highest BCUT2D eigenvalue weighted by Crippen LogP contribution is 2.25. The summed E-state index contributed by atoms with van der Waals surface area (Å²) in [5.74, 6) is 0. The van der Waals surface area contributed by atoms with Crippen LogP contribution in [0.2, 0.25) is 5.15 Å².